The summed E-state index contributed by atoms with van der Waals surface area (Å²) in [6.07, 6.45) is 5.41. The normalized spacial score (nSPS) is 18.2. The zero-order chi connectivity index (χ0) is 15.1. The van der Waals surface area contributed by atoms with E-state index in [1.807, 2.05) is 17.0 Å². The summed E-state index contributed by atoms with van der Waals surface area (Å²) in [5, 5.41) is 5.17. The summed E-state index contributed by atoms with van der Waals surface area (Å²) in [5.74, 6) is 0.0362. The van der Waals surface area contributed by atoms with Crippen molar-refractivity contribution in [3.63, 3.8) is 0 Å². The molecule has 112 valence electrons. The van der Waals surface area contributed by atoms with E-state index in [1.54, 1.807) is 30.2 Å². The van der Waals surface area contributed by atoms with Gasteiger partial charge in [0, 0.05) is 37.1 Å². The number of nitrogens with one attached hydrogen (secondary N) is 1. The third-order valence-electron chi connectivity index (χ3n) is 4.33. The van der Waals surface area contributed by atoms with Gasteiger partial charge in [0.1, 0.15) is 11.3 Å². The molecule has 22 heavy (non-hydrogen) atoms. The maximum absolute atomic E-state index is 12.8. The van der Waals surface area contributed by atoms with E-state index in [9.17, 15) is 4.79 Å². The lowest BCUT2D eigenvalue weighted by atomic mass is 10.1. The van der Waals surface area contributed by atoms with Crippen LogP contribution in [0.3, 0.4) is 0 Å². The van der Waals surface area contributed by atoms with Gasteiger partial charge in [0.2, 0.25) is 0 Å². The van der Waals surface area contributed by atoms with Crippen LogP contribution >= 0.6 is 0 Å². The van der Waals surface area contributed by atoms with Crippen LogP contribution in [-0.4, -0.2) is 37.1 Å². The highest BCUT2D eigenvalue weighted by Gasteiger charge is 2.32. The lowest BCUT2D eigenvalue weighted by molar-refractivity contribution is 0.0722. The number of hydrogen-bond donors (Lipinski definition) is 1. The van der Waals surface area contributed by atoms with Crippen LogP contribution in [0.4, 0.5) is 0 Å². The highest BCUT2D eigenvalue weighted by molar-refractivity contribution is 5.93. The molecule has 6 heteroatoms. The number of nitrogens with zero attached hydrogens (tertiary/aromatic N) is 4. The number of H-pyrrole nitrogens is 1. The maximum atomic E-state index is 12.8. The summed E-state index contributed by atoms with van der Waals surface area (Å²) in [6.45, 7) is 0.775. The average molecular weight is 295 g/mol. The Balaban J connectivity index is 1.69. The van der Waals surface area contributed by atoms with E-state index in [4.69, 9.17) is 0 Å². The summed E-state index contributed by atoms with van der Waals surface area (Å²) in [7, 11) is 1.80. The van der Waals surface area contributed by atoms with Crippen molar-refractivity contribution in [3.05, 3.63) is 48.0 Å². The molecule has 1 N–H and O–H groups in total. The summed E-state index contributed by atoms with van der Waals surface area (Å²) in [4.78, 5) is 22.4. The number of carbonyl (C=O) groups excluding carboxylic acids is 1. The van der Waals surface area contributed by atoms with Crippen molar-refractivity contribution in [2.45, 2.75) is 18.9 Å². The number of aryl methyl sites for hydroxylation is 1. The molecule has 4 heterocycles. The molecule has 0 spiro atoms. The fourth-order valence-electron chi connectivity index (χ4n) is 3.22. The third kappa shape index (κ3) is 1.99. The molecular formula is C16H17N5O. The van der Waals surface area contributed by atoms with Crippen molar-refractivity contribution in [1.82, 2.24) is 24.6 Å². The number of likely N-dealkylation sites (tertiary alicyclic amines) is 1. The molecule has 1 aliphatic rings. The second kappa shape index (κ2) is 4.98. The summed E-state index contributed by atoms with van der Waals surface area (Å²) < 4.78 is 1.63. The van der Waals surface area contributed by atoms with Crippen LogP contribution in [0.25, 0.3) is 11.0 Å². The minimum absolute atomic E-state index is 0.0362. The first kappa shape index (κ1) is 13.1. The van der Waals surface area contributed by atoms with E-state index in [0.717, 1.165) is 36.1 Å². The van der Waals surface area contributed by atoms with Crippen molar-refractivity contribution >= 4 is 16.9 Å². The van der Waals surface area contributed by atoms with Crippen molar-refractivity contribution in [2.24, 2.45) is 7.05 Å². The Kier molecular flexibility index (Phi) is 2.96. The molecule has 1 atom stereocenters. The average Bonchev–Trinajstić information content (AvgIpc) is 3.24. The third-order valence-corrected chi connectivity index (χ3v) is 4.33. The predicted molar refractivity (Wildman–Crippen MR) is 82.3 cm³/mol. The van der Waals surface area contributed by atoms with Crippen molar-refractivity contribution in [3.8, 4) is 0 Å². The van der Waals surface area contributed by atoms with Crippen LogP contribution in [0, 0.1) is 0 Å². The fraction of sp³-hybridized carbons (Fsp3) is 0.312. The number of aromatic amines is 1. The van der Waals surface area contributed by atoms with Gasteiger partial charge in [0.25, 0.3) is 5.91 Å². The monoisotopic (exact) mass is 295 g/mol. The fourth-order valence-corrected chi connectivity index (χ4v) is 3.22. The number of rotatable bonds is 2. The molecule has 0 aromatic carbocycles. The van der Waals surface area contributed by atoms with Gasteiger partial charge >= 0.3 is 0 Å². The lowest BCUT2D eigenvalue weighted by Gasteiger charge is -2.23. The molecule has 0 saturated carbocycles. The van der Waals surface area contributed by atoms with Gasteiger partial charge < -0.3 is 9.88 Å². The Labute approximate surface area is 127 Å². The molecule has 0 aliphatic carbocycles. The molecule has 1 amide bonds. The largest absolute Gasteiger partial charge is 0.341 e. The first-order valence-corrected chi connectivity index (χ1v) is 7.46. The smallest absolute Gasteiger partial charge is 0.272 e. The minimum Gasteiger partial charge on any atom is -0.341 e. The summed E-state index contributed by atoms with van der Waals surface area (Å²) in [5.41, 5.74) is 2.56. The molecule has 1 aliphatic heterocycles. The summed E-state index contributed by atoms with van der Waals surface area (Å²) >= 11 is 0. The minimum atomic E-state index is 0.0362. The van der Waals surface area contributed by atoms with Gasteiger partial charge in [-0.1, -0.05) is 0 Å². The number of aromatic nitrogens is 4. The van der Waals surface area contributed by atoms with Gasteiger partial charge in [-0.05, 0) is 37.1 Å². The van der Waals surface area contributed by atoms with Crippen LogP contribution in [0.1, 0.15) is 35.1 Å². The topological polar surface area (TPSA) is 66.8 Å². The first-order valence-electron chi connectivity index (χ1n) is 7.46. The lowest BCUT2D eigenvalue weighted by Crippen LogP contribution is -2.32. The Morgan fingerprint density at radius 1 is 1.36 bits per heavy atom. The number of carbonyl (C=O) groups is 1. The van der Waals surface area contributed by atoms with Gasteiger partial charge in [-0.3, -0.25) is 9.48 Å². The van der Waals surface area contributed by atoms with E-state index >= 15 is 0 Å². The molecule has 1 saturated heterocycles. The second-order valence-electron chi connectivity index (χ2n) is 5.66. The van der Waals surface area contributed by atoms with E-state index in [2.05, 4.69) is 21.1 Å². The van der Waals surface area contributed by atoms with Crippen molar-refractivity contribution < 1.29 is 4.79 Å². The quantitative estimate of drug-likeness (QED) is 0.788. The van der Waals surface area contributed by atoms with Gasteiger partial charge in [-0.2, -0.15) is 5.10 Å². The van der Waals surface area contributed by atoms with E-state index in [0.29, 0.717) is 5.69 Å². The van der Waals surface area contributed by atoms with Gasteiger partial charge in [0.05, 0.1) is 6.04 Å². The van der Waals surface area contributed by atoms with Gasteiger partial charge in [-0.15, -0.1) is 0 Å². The van der Waals surface area contributed by atoms with Crippen LogP contribution < -0.4 is 0 Å². The number of amides is 1. The molecule has 0 bridgehead atoms. The summed E-state index contributed by atoms with van der Waals surface area (Å²) in [6, 6.07) is 7.90. The molecule has 3 aromatic heterocycles. The molecule has 4 rings (SSSR count). The number of fused-ring (bicyclic) bond motifs is 1. The predicted octanol–water partition coefficient (Wildman–Crippen LogP) is 2.27. The zero-order valence-corrected chi connectivity index (χ0v) is 12.4. The first-order chi connectivity index (χ1) is 10.7. The Bertz CT molecular complexity index is 801. The van der Waals surface area contributed by atoms with E-state index in [-0.39, 0.29) is 11.9 Å². The van der Waals surface area contributed by atoms with E-state index < -0.39 is 0 Å². The van der Waals surface area contributed by atoms with Gasteiger partial charge in [0.15, 0.2) is 0 Å². The highest BCUT2D eigenvalue weighted by Crippen LogP contribution is 2.33. The van der Waals surface area contributed by atoms with Crippen LogP contribution in [0.2, 0.25) is 0 Å². The Hall–Kier alpha value is -2.63. The van der Waals surface area contributed by atoms with Crippen molar-refractivity contribution in [2.75, 3.05) is 6.54 Å². The molecule has 0 unspecified atom stereocenters. The molecule has 3 aromatic rings. The molecule has 6 nitrogen and oxygen atoms in total. The molecular weight excluding hydrogens is 278 g/mol. The number of pyridine rings is 1. The molecule has 0 radical (unpaired) electrons. The standard InChI is InChI=1S/C16H17N5O/c1-20-14(6-8-18-20)16(22)21-9-3-5-13(21)12-10-11-4-2-7-17-15(11)19-12/h2,4,6-8,10,13H,3,5,9H2,1H3,(H,17,19)/t13-/m1/s1. The van der Waals surface area contributed by atoms with Gasteiger partial charge in [-0.25, -0.2) is 4.98 Å². The SMILES string of the molecule is Cn1nccc1C(=O)N1CCC[C@@H]1c1cc2cccnc2[nH]1. The van der Waals surface area contributed by atoms with Crippen LogP contribution in [0.15, 0.2) is 36.7 Å². The Morgan fingerprint density at radius 2 is 2.27 bits per heavy atom. The van der Waals surface area contributed by atoms with Crippen LogP contribution in [-0.2, 0) is 7.05 Å². The van der Waals surface area contributed by atoms with Crippen LogP contribution in [0.5, 0.6) is 0 Å². The van der Waals surface area contributed by atoms with Crippen molar-refractivity contribution in [1.29, 1.82) is 0 Å². The maximum Gasteiger partial charge on any atom is 0.272 e. The number of hydrogen-bond acceptors (Lipinski definition) is 3. The highest BCUT2D eigenvalue weighted by atomic mass is 16.2. The molecule has 1 fully saturated rings. The Morgan fingerprint density at radius 3 is 3.05 bits per heavy atom. The second-order valence-corrected chi connectivity index (χ2v) is 5.66. The zero-order valence-electron chi connectivity index (χ0n) is 12.4. The van der Waals surface area contributed by atoms with E-state index in [1.165, 1.54) is 0 Å².